The molecule has 0 bridgehead atoms. The molecule has 1 aliphatic heterocycles. The van der Waals surface area contributed by atoms with Crippen LogP contribution >= 0.6 is 0 Å². The van der Waals surface area contributed by atoms with Crippen LogP contribution in [0.2, 0.25) is 0 Å². The first-order valence-corrected chi connectivity index (χ1v) is 7.67. The van der Waals surface area contributed by atoms with Crippen LogP contribution in [-0.4, -0.2) is 43.8 Å². The number of carbonyl (C=O) groups is 1. The fourth-order valence-electron chi connectivity index (χ4n) is 2.80. The van der Waals surface area contributed by atoms with Crippen LogP contribution in [-0.2, 0) is 4.79 Å². The maximum absolute atomic E-state index is 13.6. The first-order valence-electron chi connectivity index (χ1n) is 7.67. The minimum absolute atomic E-state index is 0.126. The summed E-state index contributed by atoms with van der Waals surface area (Å²) in [4.78, 5) is 13.9. The molecule has 1 unspecified atom stereocenters. The lowest BCUT2D eigenvalue weighted by atomic mass is 10.0. The molecule has 1 fully saturated rings. The molecule has 1 aliphatic rings. The number of benzene rings is 1. The van der Waals surface area contributed by atoms with Crippen molar-refractivity contribution in [2.45, 2.75) is 31.9 Å². The normalized spacial score (nSPS) is 17.4. The first kappa shape index (κ1) is 16.7. The van der Waals surface area contributed by atoms with E-state index in [1.807, 2.05) is 6.92 Å². The van der Waals surface area contributed by atoms with Crippen molar-refractivity contribution in [3.8, 4) is 0 Å². The van der Waals surface area contributed by atoms with Crippen LogP contribution in [0, 0.1) is 5.82 Å². The van der Waals surface area contributed by atoms with Gasteiger partial charge in [0.25, 0.3) is 0 Å². The van der Waals surface area contributed by atoms with E-state index in [1.165, 1.54) is 12.1 Å². The molecule has 0 spiro atoms. The molecule has 0 aliphatic carbocycles. The van der Waals surface area contributed by atoms with Crippen LogP contribution in [0.1, 0.15) is 31.4 Å². The maximum Gasteiger partial charge on any atom is 0.234 e. The number of carbonyl (C=O) groups excluding carboxylic acids is 1. The molecule has 1 amide bonds. The number of piperidine rings is 1. The SMILES string of the molecule is CNCC(=O)NC(C)c1cc(F)ccc1N1CCC(O)CC1. The number of aliphatic hydroxyl groups excluding tert-OH is 1. The van der Waals surface area contributed by atoms with Gasteiger partial charge in [-0.3, -0.25) is 4.79 Å². The summed E-state index contributed by atoms with van der Waals surface area (Å²) in [5.74, 6) is -0.440. The van der Waals surface area contributed by atoms with Crippen LogP contribution in [0.4, 0.5) is 10.1 Å². The highest BCUT2D eigenvalue weighted by Crippen LogP contribution is 2.29. The zero-order chi connectivity index (χ0) is 16.1. The number of likely N-dealkylation sites (N-methyl/N-ethyl adjacent to an activating group) is 1. The highest BCUT2D eigenvalue weighted by atomic mass is 19.1. The summed E-state index contributed by atoms with van der Waals surface area (Å²) in [6, 6.07) is 4.39. The fourth-order valence-corrected chi connectivity index (χ4v) is 2.80. The second-order valence-corrected chi connectivity index (χ2v) is 5.74. The molecule has 1 aromatic carbocycles. The van der Waals surface area contributed by atoms with Crippen molar-refractivity contribution in [2.75, 3.05) is 31.6 Å². The molecule has 0 aromatic heterocycles. The highest BCUT2D eigenvalue weighted by molar-refractivity contribution is 5.78. The van der Waals surface area contributed by atoms with Crippen molar-refractivity contribution in [3.05, 3.63) is 29.6 Å². The maximum atomic E-state index is 13.6. The third-order valence-corrected chi connectivity index (χ3v) is 3.98. The molecule has 6 heteroatoms. The number of amides is 1. The number of hydrogen-bond donors (Lipinski definition) is 3. The van der Waals surface area contributed by atoms with E-state index in [-0.39, 0.29) is 30.4 Å². The Bertz CT molecular complexity index is 516. The van der Waals surface area contributed by atoms with Gasteiger partial charge >= 0.3 is 0 Å². The van der Waals surface area contributed by atoms with E-state index in [0.717, 1.165) is 24.3 Å². The fraction of sp³-hybridized carbons (Fsp3) is 0.562. The average Bonchev–Trinajstić information content (AvgIpc) is 2.48. The standard InChI is InChI=1S/C16H24FN3O2/c1-11(19-16(22)10-18-2)14-9-12(17)3-4-15(14)20-7-5-13(21)6-8-20/h3-4,9,11,13,18,21H,5-8,10H2,1-2H3,(H,19,22). The van der Waals surface area contributed by atoms with Gasteiger partial charge in [0.1, 0.15) is 5.82 Å². The predicted molar refractivity (Wildman–Crippen MR) is 84.3 cm³/mol. The Labute approximate surface area is 130 Å². The molecule has 1 atom stereocenters. The Kier molecular flexibility index (Phi) is 5.74. The van der Waals surface area contributed by atoms with Crippen molar-refractivity contribution in [1.82, 2.24) is 10.6 Å². The second kappa shape index (κ2) is 7.56. The van der Waals surface area contributed by atoms with E-state index in [0.29, 0.717) is 12.8 Å². The van der Waals surface area contributed by atoms with E-state index in [4.69, 9.17) is 0 Å². The van der Waals surface area contributed by atoms with Crippen LogP contribution < -0.4 is 15.5 Å². The molecule has 0 radical (unpaired) electrons. The Hall–Kier alpha value is -1.66. The van der Waals surface area contributed by atoms with Gasteiger partial charge in [-0.25, -0.2) is 4.39 Å². The van der Waals surface area contributed by atoms with E-state index in [9.17, 15) is 14.3 Å². The van der Waals surface area contributed by atoms with E-state index < -0.39 is 0 Å². The lowest BCUT2D eigenvalue weighted by Gasteiger charge is -2.34. The van der Waals surface area contributed by atoms with E-state index >= 15 is 0 Å². The Morgan fingerprint density at radius 3 is 2.77 bits per heavy atom. The largest absolute Gasteiger partial charge is 0.393 e. The topological polar surface area (TPSA) is 64.6 Å². The van der Waals surface area contributed by atoms with Crippen molar-refractivity contribution in [1.29, 1.82) is 0 Å². The Morgan fingerprint density at radius 1 is 1.45 bits per heavy atom. The van der Waals surface area contributed by atoms with Gasteiger partial charge in [0.2, 0.25) is 5.91 Å². The summed E-state index contributed by atoms with van der Waals surface area (Å²) in [5, 5.41) is 15.3. The van der Waals surface area contributed by atoms with Gasteiger partial charge < -0.3 is 20.6 Å². The predicted octanol–water partition coefficient (Wildman–Crippen LogP) is 1.18. The second-order valence-electron chi connectivity index (χ2n) is 5.74. The summed E-state index contributed by atoms with van der Waals surface area (Å²) >= 11 is 0. The molecule has 3 N–H and O–H groups in total. The summed E-state index contributed by atoms with van der Waals surface area (Å²) in [5.41, 5.74) is 1.69. The highest BCUT2D eigenvalue weighted by Gasteiger charge is 2.22. The number of rotatable bonds is 5. The number of hydrogen-bond acceptors (Lipinski definition) is 4. The van der Waals surface area contributed by atoms with Crippen LogP contribution in [0.3, 0.4) is 0 Å². The summed E-state index contributed by atoms with van der Waals surface area (Å²) in [6.07, 6.45) is 1.15. The zero-order valence-electron chi connectivity index (χ0n) is 13.1. The van der Waals surface area contributed by atoms with Crippen LogP contribution in [0.5, 0.6) is 0 Å². The third-order valence-electron chi connectivity index (χ3n) is 3.98. The van der Waals surface area contributed by atoms with Crippen molar-refractivity contribution < 1.29 is 14.3 Å². The third kappa shape index (κ3) is 4.18. The first-order chi connectivity index (χ1) is 10.5. The quantitative estimate of drug-likeness (QED) is 0.764. The van der Waals surface area contributed by atoms with Crippen molar-refractivity contribution >= 4 is 11.6 Å². The van der Waals surface area contributed by atoms with E-state index in [2.05, 4.69) is 15.5 Å². The number of nitrogens with one attached hydrogen (secondary N) is 2. The molecule has 0 saturated carbocycles. The number of anilines is 1. The monoisotopic (exact) mass is 309 g/mol. The smallest absolute Gasteiger partial charge is 0.234 e. The van der Waals surface area contributed by atoms with Gasteiger partial charge in [-0.1, -0.05) is 0 Å². The lowest BCUT2D eigenvalue weighted by Crippen LogP contribution is -2.38. The minimum Gasteiger partial charge on any atom is -0.393 e. The van der Waals surface area contributed by atoms with Gasteiger partial charge in [0.15, 0.2) is 0 Å². The van der Waals surface area contributed by atoms with E-state index in [1.54, 1.807) is 13.1 Å². The van der Waals surface area contributed by atoms with Crippen LogP contribution in [0.25, 0.3) is 0 Å². The summed E-state index contributed by atoms with van der Waals surface area (Å²) < 4.78 is 13.6. The lowest BCUT2D eigenvalue weighted by molar-refractivity contribution is -0.120. The molecular formula is C16H24FN3O2. The molecule has 1 saturated heterocycles. The van der Waals surface area contributed by atoms with Crippen LogP contribution in [0.15, 0.2) is 18.2 Å². The molecule has 5 nitrogen and oxygen atoms in total. The van der Waals surface area contributed by atoms with Crippen molar-refractivity contribution in [3.63, 3.8) is 0 Å². The minimum atomic E-state index is -0.314. The van der Waals surface area contributed by atoms with Gasteiger partial charge in [-0.05, 0) is 45.0 Å². The summed E-state index contributed by atoms with van der Waals surface area (Å²) in [6.45, 7) is 3.55. The number of aliphatic hydroxyl groups is 1. The Morgan fingerprint density at radius 2 is 2.14 bits per heavy atom. The zero-order valence-corrected chi connectivity index (χ0v) is 13.1. The van der Waals surface area contributed by atoms with Gasteiger partial charge in [0, 0.05) is 24.3 Å². The molecule has 22 heavy (non-hydrogen) atoms. The molecule has 2 rings (SSSR count). The molecule has 1 aromatic rings. The van der Waals surface area contributed by atoms with Crippen molar-refractivity contribution in [2.24, 2.45) is 0 Å². The Balaban J connectivity index is 2.18. The average molecular weight is 309 g/mol. The number of halogens is 1. The number of nitrogens with zero attached hydrogens (tertiary/aromatic N) is 1. The molecular weight excluding hydrogens is 285 g/mol. The van der Waals surface area contributed by atoms with Gasteiger partial charge in [-0.15, -0.1) is 0 Å². The molecule has 122 valence electrons. The summed E-state index contributed by atoms with van der Waals surface area (Å²) in [7, 11) is 1.71. The van der Waals surface area contributed by atoms with Gasteiger partial charge in [-0.2, -0.15) is 0 Å². The molecule has 1 heterocycles. The van der Waals surface area contributed by atoms with Gasteiger partial charge in [0.05, 0.1) is 18.7 Å².